The van der Waals surface area contributed by atoms with Gasteiger partial charge in [0.25, 0.3) is 0 Å². The van der Waals surface area contributed by atoms with Crippen LogP contribution >= 0.6 is 0 Å². The van der Waals surface area contributed by atoms with Gasteiger partial charge in [-0.2, -0.15) is 0 Å². The van der Waals surface area contributed by atoms with Crippen molar-refractivity contribution in [3.8, 4) is 11.6 Å². The highest BCUT2D eigenvalue weighted by Crippen LogP contribution is 2.29. The van der Waals surface area contributed by atoms with Crippen LogP contribution in [0.1, 0.15) is 29.7 Å². The number of nitrogens with zero attached hydrogens (tertiary/aromatic N) is 4. The lowest BCUT2D eigenvalue weighted by atomic mass is 10.1. The molecule has 26 heavy (non-hydrogen) atoms. The Kier molecular flexibility index (Phi) is 4.68. The molecule has 0 saturated carbocycles. The largest absolute Gasteiger partial charge is 0.489 e. The second-order valence-corrected chi connectivity index (χ2v) is 7.25. The second-order valence-electron chi connectivity index (χ2n) is 7.25. The van der Waals surface area contributed by atoms with E-state index < -0.39 is 0 Å². The zero-order chi connectivity index (χ0) is 18.1. The van der Waals surface area contributed by atoms with Crippen molar-refractivity contribution in [3.05, 3.63) is 41.2 Å². The van der Waals surface area contributed by atoms with Crippen LogP contribution in [0.3, 0.4) is 0 Å². The topological polar surface area (TPSA) is 50.7 Å². The maximum absolute atomic E-state index is 6.09. The molecule has 6 nitrogen and oxygen atoms in total. The summed E-state index contributed by atoms with van der Waals surface area (Å²) in [6.45, 7) is 6.07. The van der Waals surface area contributed by atoms with Gasteiger partial charge < -0.3 is 14.4 Å². The summed E-state index contributed by atoms with van der Waals surface area (Å²) in [6.07, 6.45) is 3.93. The molecule has 0 aliphatic carbocycles. The number of aromatic nitrogens is 2. The fourth-order valence-corrected chi connectivity index (χ4v) is 3.83. The van der Waals surface area contributed by atoms with Gasteiger partial charge in [-0.25, -0.2) is 9.97 Å². The lowest BCUT2D eigenvalue weighted by Gasteiger charge is -2.34. The van der Waals surface area contributed by atoms with Gasteiger partial charge >= 0.3 is 0 Å². The van der Waals surface area contributed by atoms with Gasteiger partial charge in [-0.3, -0.25) is 4.90 Å². The standard InChI is InChI=1S/C20H26N4O2/c1-14-10-15-12-23(2)13-18(15)22-20(14)24-8-6-16(7-9-24)26-17-4-5-19(25-3)21-11-17/h4-5,10-11,16H,6-9,12-13H2,1-3H3. The lowest BCUT2D eigenvalue weighted by molar-refractivity contribution is 0.169. The number of piperidine rings is 1. The van der Waals surface area contributed by atoms with E-state index in [1.807, 2.05) is 12.1 Å². The maximum atomic E-state index is 6.09. The minimum absolute atomic E-state index is 0.224. The predicted molar refractivity (Wildman–Crippen MR) is 101 cm³/mol. The van der Waals surface area contributed by atoms with Gasteiger partial charge in [0.05, 0.1) is 19.0 Å². The van der Waals surface area contributed by atoms with Crippen LogP contribution in [0.25, 0.3) is 0 Å². The fraction of sp³-hybridized carbons (Fsp3) is 0.500. The summed E-state index contributed by atoms with van der Waals surface area (Å²) in [7, 11) is 3.76. The normalized spacial score (nSPS) is 18.0. The first-order valence-electron chi connectivity index (χ1n) is 9.22. The summed E-state index contributed by atoms with van der Waals surface area (Å²) in [6, 6.07) is 6.06. The van der Waals surface area contributed by atoms with Crippen LogP contribution in [0.15, 0.2) is 24.4 Å². The SMILES string of the molecule is COc1ccc(OC2CCN(c3nc4c(cc3C)CN(C)C4)CC2)cn1. The Hall–Kier alpha value is -2.34. The Labute approximate surface area is 154 Å². The molecule has 0 N–H and O–H groups in total. The molecule has 0 amide bonds. The molecule has 2 aromatic heterocycles. The van der Waals surface area contributed by atoms with Crippen molar-refractivity contribution in [1.29, 1.82) is 0 Å². The van der Waals surface area contributed by atoms with Crippen LogP contribution in [0.5, 0.6) is 11.6 Å². The quantitative estimate of drug-likeness (QED) is 0.842. The molecule has 0 aromatic carbocycles. The molecular weight excluding hydrogens is 328 g/mol. The van der Waals surface area contributed by atoms with E-state index in [1.165, 1.54) is 16.8 Å². The molecule has 0 spiro atoms. The Balaban J connectivity index is 1.38. The smallest absolute Gasteiger partial charge is 0.213 e. The van der Waals surface area contributed by atoms with Gasteiger partial charge in [0.1, 0.15) is 17.7 Å². The molecule has 2 aliphatic rings. The zero-order valence-corrected chi connectivity index (χ0v) is 15.7. The monoisotopic (exact) mass is 354 g/mol. The van der Waals surface area contributed by atoms with Crippen LogP contribution in [-0.2, 0) is 13.1 Å². The van der Waals surface area contributed by atoms with Crippen molar-refractivity contribution < 1.29 is 9.47 Å². The number of pyridine rings is 2. The highest BCUT2D eigenvalue weighted by atomic mass is 16.5. The lowest BCUT2D eigenvalue weighted by Crippen LogP contribution is -2.39. The number of rotatable bonds is 4. The second kappa shape index (κ2) is 7.11. The molecule has 0 radical (unpaired) electrons. The van der Waals surface area contributed by atoms with Crippen LogP contribution in [0.2, 0.25) is 0 Å². The van der Waals surface area contributed by atoms with Gasteiger partial charge in [0.15, 0.2) is 0 Å². The first kappa shape index (κ1) is 17.1. The van der Waals surface area contributed by atoms with E-state index in [9.17, 15) is 0 Å². The summed E-state index contributed by atoms with van der Waals surface area (Å²) >= 11 is 0. The number of aryl methyl sites for hydroxylation is 1. The van der Waals surface area contributed by atoms with E-state index in [4.69, 9.17) is 14.5 Å². The fourth-order valence-electron chi connectivity index (χ4n) is 3.83. The maximum Gasteiger partial charge on any atom is 0.213 e. The van der Waals surface area contributed by atoms with E-state index in [-0.39, 0.29) is 6.10 Å². The number of hydrogen-bond acceptors (Lipinski definition) is 6. The number of hydrogen-bond donors (Lipinski definition) is 0. The Bertz CT molecular complexity index is 770. The molecule has 4 rings (SSSR count). The molecule has 6 heteroatoms. The Morgan fingerprint density at radius 2 is 1.96 bits per heavy atom. The van der Waals surface area contributed by atoms with E-state index >= 15 is 0 Å². The Morgan fingerprint density at radius 1 is 1.15 bits per heavy atom. The molecular formula is C20H26N4O2. The molecule has 138 valence electrons. The Morgan fingerprint density at radius 3 is 2.65 bits per heavy atom. The van der Waals surface area contributed by atoms with Gasteiger partial charge in [-0.15, -0.1) is 0 Å². The third-order valence-electron chi connectivity index (χ3n) is 5.18. The number of methoxy groups -OCH3 is 1. The van der Waals surface area contributed by atoms with Crippen molar-refractivity contribution >= 4 is 5.82 Å². The molecule has 1 saturated heterocycles. The summed E-state index contributed by atoms with van der Waals surface area (Å²) in [5, 5.41) is 0. The first-order chi connectivity index (χ1) is 12.6. The van der Waals surface area contributed by atoms with Crippen LogP contribution < -0.4 is 14.4 Å². The highest BCUT2D eigenvalue weighted by Gasteiger charge is 2.25. The zero-order valence-electron chi connectivity index (χ0n) is 15.7. The van der Waals surface area contributed by atoms with Crippen molar-refractivity contribution in [3.63, 3.8) is 0 Å². The average Bonchev–Trinajstić information content (AvgIpc) is 3.01. The van der Waals surface area contributed by atoms with Crippen LogP contribution in [0.4, 0.5) is 5.82 Å². The van der Waals surface area contributed by atoms with Crippen molar-refractivity contribution in [1.82, 2.24) is 14.9 Å². The van der Waals surface area contributed by atoms with Crippen molar-refractivity contribution in [2.75, 3.05) is 32.1 Å². The van der Waals surface area contributed by atoms with Gasteiger partial charge in [0, 0.05) is 45.1 Å². The number of ether oxygens (including phenoxy) is 2. The minimum Gasteiger partial charge on any atom is -0.489 e. The van der Waals surface area contributed by atoms with Gasteiger partial charge in [-0.1, -0.05) is 0 Å². The summed E-state index contributed by atoms with van der Waals surface area (Å²) in [5.74, 6) is 2.55. The predicted octanol–water partition coefficient (Wildman–Crippen LogP) is 2.79. The van der Waals surface area contributed by atoms with E-state index in [1.54, 1.807) is 13.3 Å². The molecule has 0 bridgehead atoms. The number of anilines is 1. The average molecular weight is 354 g/mol. The molecule has 2 aliphatic heterocycles. The molecule has 2 aromatic rings. The third kappa shape index (κ3) is 3.46. The molecule has 1 fully saturated rings. The summed E-state index contributed by atoms with van der Waals surface area (Å²) < 4.78 is 11.2. The summed E-state index contributed by atoms with van der Waals surface area (Å²) in [5.41, 5.74) is 3.88. The van der Waals surface area contributed by atoms with Crippen LogP contribution in [0, 0.1) is 6.92 Å². The summed E-state index contributed by atoms with van der Waals surface area (Å²) in [4.78, 5) is 13.9. The molecule has 4 heterocycles. The van der Waals surface area contributed by atoms with E-state index in [0.717, 1.165) is 50.6 Å². The van der Waals surface area contributed by atoms with Crippen LogP contribution in [-0.4, -0.2) is 48.2 Å². The number of fused-ring (bicyclic) bond motifs is 1. The van der Waals surface area contributed by atoms with Crippen molar-refractivity contribution in [2.24, 2.45) is 0 Å². The first-order valence-corrected chi connectivity index (χ1v) is 9.22. The van der Waals surface area contributed by atoms with E-state index in [0.29, 0.717) is 5.88 Å². The molecule has 0 atom stereocenters. The van der Waals surface area contributed by atoms with Gasteiger partial charge in [0.2, 0.25) is 5.88 Å². The van der Waals surface area contributed by atoms with E-state index in [2.05, 4.69) is 34.8 Å². The highest BCUT2D eigenvalue weighted by molar-refractivity contribution is 5.50. The van der Waals surface area contributed by atoms with Crippen molar-refractivity contribution in [2.45, 2.75) is 39.0 Å². The third-order valence-corrected chi connectivity index (χ3v) is 5.18. The minimum atomic E-state index is 0.224. The van der Waals surface area contributed by atoms with Gasteiger partial charge in [-0.05, 0) is 37.2 Å². The molecule has 0 unspecified atom stereocenters.